The molecule has 3 heterocycles. The highest BCUT2D eigenvalue weighted by molar-refractivity contribution is 7.47. The van der Waals surface area contributed by atoms with E-state index in [4.69, 9.17) is 14.8 Å². The fraction of sp³-hybridized carbons (Fsp3) is 0.227. The van der Waals surface area contributed by atoms with Gasteiger partial charge in [-0.3, -0.25) is 9.05 Å². The monoisotopic (exact) mass is 518 g/mol. The number of anilines is 1. The number of phosphoric acid groups is 1. The predicted molar refractivity (Wildman–Crippen MR) is 128 cm³/mol. The summed E-state index contributed by atoms with van der Waals surface area (Å²) in [7, 11) is -3.07. The Balaban J connectivity index is 1.35. The third-order valence-corrected chi connectivity index (χ3v) is 6.21. The van der Waals surface area contributed by atoms with Gasteiger partial charge < -0.3 is 30.4 Å². The minimum atomic E-state index is -4.15. The summed E-state index contributed by atoms with van der Waals surface area (Å²) in [6.07, 6.45) is 5.85. The largest absolute Gasteiger partial charge is 0.473 e. The number of nitrogens with zero attached hydrogens (tertiary/aromatic N) is 3. The summed E-state index contributed by atoms with van der Waals surface area (Å²) in [6, 6.07) is 9.33. The van der Waals surface area contributed by atoms with E-state index >= 15 is 0 Å². The van der Waals surface area contributed by atoms with Crippen LogP contribution >= 0.6 is 7.82 Å². The number of aromatic nitrogens is 3. The highest BCUT2D eigenvalue weighted by Gasteiger charge is 2.26. The van der Waals surface area contributed by atoms with Gasteiger partial charge in [-0.2, -0.15) is 4.98 Å². The first-order valence-electron chi connectivity index (χ1n) is 10.7. The lowest BCUT2D eigenvalue weighted by Gasteiger charge is -2.30. The molecule has 1 aliphatic heterocycles. The van der Waals surface area contributed by atoms with Gasteiger partial charge in [-0.15, -0.1) is 0 Å². The molecule has 14 heteroatoms. The molecule has 1 aromatic carbocycles. The van der Waals surface area contributed by atoms with E-state index in [-0.39, 0.29) is 19.1 Å². The molecule has 2 unspecified atom stereocenters. The van der Waals surface area contributed by atoms with Crippen LogP contribution in [0.25, 0.3) is 5.57 Å². The maximum absolute atomic E-state index is 13.7. The third-order valence-electron chi connectivity index (χ3n) is 5.30. The van der Waals surface area contributed by atoms with Crippen molar-refractivity contribution in [3.05, 3.63) is 93.8 Å². The van der Waals surface area contributed by atoms with Gasteiger partial charge in [-0.25, -0.2) is 13.8 Å². The van der Waals surface area contributed by atoms with Crippen molar-refractivity contribution in [2.45, 2.75) is 19.1 Å². The summed E-state index contributed by atoms with van der Waals surface area (Å²) >= 11 is 0. The van der Waals surface area contributed by atoms with Crippen LogP contribution in [-0.4, -0.2) is 44.9 Å². The van der Waals surface area contributed by atoms with Gasteiger partial charge in [-0.05, 0) is 17.2 Å². The van der Waals surface area contributed by atoms with Crippen LogP contribution in [-0.2, 0) is 26.6 Å². The van der Waals surface area contributed by atoms with Crippen LogP contribution in [0.4, 0.5) is 10.2 Å². The smallest absolute Gasteiger partial charge is 0.363 e. The first kappa shape index (κ1) is 25.5. The Bertz CT molecular complexity index is 1370. The minimum absolute atomic E-state index is 0.114. The molecule has 4 rings (SSSR count). The van der Waals surface area contributed by atoms with E-state index in [1.165, 1.54) is 4.90 Å². The summed E-state index contributed by atoms with van der Waals surface area (Å²) in [5, 5.41) is 6.92. The van der Waals surface area contributed by atoms with Crippen LogP contribution in [0.3, 0.4) is 0 Å². The molecule has 2 atom stereocenters. The SMILES string of the molecule is COP(=O)(O)OCN1C=CC=C(c2cc(Cc3ccc(CNc4nc(=O)[nH]cc4F)cc3)no2)C1N. The lowest BCUT2D eigenvalue weighted by Crippen LogP contribution is -2.41. The molecule has 0 saturated heterocycles. The van der Waals surface area contributed by atoms with Gasteiger partial charge in [0.15, 0.2) is 17.4 Å². The van der Waals surface area contributed by atoms with Gasteiger partial charge in [0.1, 0.15) is 12.9 Å². The molecule has 0 radical (unpaired) electrons. The van der Waals surface area contributed by atoms with Crippen molar-refractivity contribution in [2.24, 2.45) is 5.73 Å². The fourth-order valence-electron chi connectivity index (χ4n) is 3.38. The van der Waals surface area contributed by atoms with Crippen LogP contribution in [0.1, 0.15) is 22.6 Å². The second kappa shape index (κ2) is 11.0. The molecule has 36 heavy (non-hydrogen) atoms. The second-order valence-corrected chi connectivity index (χ2v) is 9.32. The van der Waals surface area contributed by atoms with Gasteiger partial charge in [0.25, 0.3) is 0 Å². The molecular weight excluding hydrogens is 494 g/mol. The highest BCUT2D eigenvalue weighted by atomic mass is 31.2. The van der Waals surface area contributed by atoms with E-state index in [0.29, 0.717) is 23.4 Å². The molecular formula is C22H24FN6O6P. The van der Waals surface area contributed by atoms with Crippen LogP contribution in [0.2, 0.25) is 0 Å². The molecule has 0 bridgehead atoms. The Kier molecular flexibility index (Phi) is 7.77. The second-order valence-electron chi connectivity index (χ2n) is 7.76. The molecule has 12 nitrogen and oxygen atoms in total. The van der Waals surface area contributed by atoms with Crippen molar-refractivity contribution < 1.29 is 27.4 Å². The summed E-state index contributed by atoms with van der Waals surface area (Å²) in [5.74, 6) is -0.299. The number of nitrogens with one attached hydrogen (secondary N) is 2. The molecule has 0 spiro atoms. The first-order valence-corrected chi connectivity index (χ1v) is 12.2. The zero-order chi connectivity index (χ0) is 25.7. The number of hydrogen-bond acceptors (Lipinski definition) is 10. The zero-order valence-electron chi connectivity index (χ0n) is 19.1. The summed E-state index contributed by atoms with van der Waals surface area (Å²) < 4.78 is 40.0. The van der Waals surface area contributed by atoms with Gasteiger partial charge in [0.05, 0.1) is 5.69 Å². The maximum atomic E-state index is 13.7. The molecule has 0 aliphatic carbocycles. The van der Waals surface area contributed by atoms with E-state index < -0.39 is 25.5 Å². The standard InChI is InChI=1S/C22H24FN6O6P/c1-33-36(31,32)34-13-29-8-2-3-17(20(29)24)19-10-16(28-35-19)9-14-4-6-15(7-5-14)11-25-21-18(23)12-26-22(30)27-21/h2-8,10,12,20H,9,11,13,24H2,1H3,(H,31,32)(H2,25,26,27,30). The minimum Gasteiger partial charge on any atom is -0.363 e. The Morgan fingerprint density at radius 3 is 2.83 bits per heavy atom. The quantitative estimate of drug-likeness (QED) is 0.291. The van der Waals surface area contributed by atoms with E-state index in [2.05, 4.69) is 25.0 Å². The van der Waals surface area contributed by atoms with Crippen molar-refractivity contribution in [3.8, 4) is 0 Å². The van der Waals surface area contributed by atoms with Crippen LogP contribution < -0.4 is 16.7 Å². The van der Waals surface area contributed by atoms with Crippen molar-refractivity contribution in [1.29, 1.82) is 0 Å². The molecule has 190 valence electrons. The lowest BCUT2D eigenvalue weighted by atomic mass is 10.0. The van der Waals surface area contributed by atoms with E-state index in [1.807, 2.05) is 24.3 Å². The van der Waals surface area contributed by atoms with Gasteiger partial charge in [0.2, 0.25) is 0 Å². The molecule has 1 aliphatic rings. The number of allylic oxidation sites excluding steroid dienone is 2. The number of nitrogens with two attached hydrogens (primary N) is 1. The zero-order valence-corrected chi connectivity index (χ0v) is 20.0. The molecule has 0 saturated carbocycles. The van der Waals surface area contributed by atoms with Crippen molar-refractivity contribution in [1.82, 2.24) is 20.0 Å². The van der Waals surface area contributed by atoms with Crippen molar-refractivity contribution in [3.63, 3.8) is 0 Å². The number of H-pyrrole nitrogens is 1. The Morgan fingerprint density at radius 1 is 1.33 bits per heavy atom. The highest BCUT2D eigenvalue weighted by Crippen LogP contribution is 2.42. The van der Waals surface area contributed by atoms with Gasteiger partial charge in [-0.1, -0.05) is 35.5 Å². The molecule has 0 amide bonds. The Labute approximate surface area is 204 Å². The van der Waals surface area contributed by atoms with E-state index in [9.17, 15) is 18.6 Å². The summed E-state index contributed by atoms with van der Waals surface area (Å²) in [5.41, 5.74) is 8.76. The third kappa shape index (κ3) is 6.33. The number of halogens is 1. The lowest BCUT2D eigenvalue weighted by molar-refractivity contribution is 0.100. The average molecular weight is 518 g/mol. The Morgan fingerprint density at radius 2 is 2.08 bits per heavy atom. The number of benzene rings is 1. The molecule has 2 aromatic heterocycles. The number of hydrogen-bond donors (Lipinski definition) is 4. The fourth-order valence-corrected chi connectivity index (χ4v) is 3.76. The average Bonchev–Trinajstić information content (AvgIpc) is 3.33. The van der Waals surface area contributed by atoms with Crippen LogP contribution in [0, 0.1) is 5.82 Å². The van der Waals surface area contributed by atoms with Crippen LogP contribution in [0.5, 0.6) is 0 Å². The van der Waals surface area contributed by atoms with E-state index in [0.717, 1.165) is 24.4 Å². The van der Waals surface area contributed by atoms with Gasteiger partial charge in [0, 0.05) is 44.1 Å². The predicted octanol–water partition coefficient (Wildman–Crippen LogP) is 2.32. The van der Waals surface area contributed by atoms with Gasteiger partial charge >= 0.3 is 13.5 Å². The Hall–Kier alpha value is -3.61. The van der Waals surface area contributed by atoms with Crippen LogP contribution in [0.15, 0.2) is 64.2 Å². The number of phosphoric ester groups is 1. The summed E-state index contributed by atoms with van der Waals surface area (Å²) in [6.45, 7) is 0.0277. The first-order chi connectivity index (χ1) is 17.2. The topological polar surface area (TPSA) is 169 Å². The summed E-state index contributed by atoms with van der Waals surface area (Å²) in [4.78, 5) is 27.9. The molecule has 0 fully saturated rings. The van der Waals surface area contributed by atoms with Crippen molar-refractivity contribution >= 4 is 19.2 Å². The molecule has 5 N–H and O–H groups in total. The number of rotatable bonds is 10. The molecule has 3 aromatic rings. The maximum Gasteiger partial charge on any atom is 0.473 e. The number of aromatic amines is 1. The van der Waals surface area contributed by atoms with Crippen molar-refractivity contribution in [2.75, 3.05) is 19.2 Å². The van der Waals surface area contributed by atoms with E-state index in [1.54, 1.807) is 24.4 Å². The normalized spacial score (nSPS) is 17.1.